The number of furan rings is 2. The maximum absolute atomic E-state index is 6.65. The number of fused-ring (bicyclic) bond motifs is 9. The van der Waals surface area contributed by atoms with Crippen molar-refractivity contribution in [3.63, 3.8) is 0 Å². The Bertz CT molecular complexity index is 3040. The van der Waals surface area contributed by atoms with Crippen LogP contribution in [0.4, 0.5) is 34.1 Å². The van der Waals surface area contributed by atoms with Crippen molar-refractivity contribution in [2.24, 2.45) is 0 Å². The van der Waals surface area contributed by atoms with E-state index in [0.29, 0.717) is 0 Å². The molecule has 0 saturated heterocycles. The van der Waals surface area contributed by atoms with Crippen LogP contribution in [-0.4, -0.2) is 0 Å². The Morgan fingerprint density at radius 3 is 0.914 bits per heavy atom. The lowest BCUT2D eigenvalue weighted by Crippen LogP contribution is -2.09. The van der Waals surface area contributed by atoms with Crippen LogP contribution in [0.3, 0.4) is 0 Å². The van der Waals surface area contributed by atoms with E-state index in [9.17, 15) is 0 Å². The second-order valence-corrected chi connectivity index (χ2v) is 15.8. The van der Waals surface area contributed by atoms with Crippen molar-refractivity contribution in [3.8, 4) is 0 Å². The molecule has 2 aromatic heterocycles. The molecule has 0 unspecified atom stereocenters. The molecule has 0 bridgehead atoms. The van der Waals surface area contributed by atoms with Crippen LogP contribution in [0.5, 0.6) is 0 Å². The molecule has 0 radical (unpaired) electrons. The predicted octanol–water partition coefficient (Wildman–Crippen LogP) is 16.0. The molecular weight excluding hydrogens is 709 g/mol. The molecule has 0 fully saturated rings. The number of anilines is 6. The van der Waals surface area contributed by atoms with E-state index in [2.05, 4.69) is 195 Å². The van der Waals surface area contributed by atoms with E-state index in [1.54, 1.807) is 0 Å². The van der Waals surface area contributed by atoms with Crippen molar-refractivity contribution in [3.05, 3.63) is 192 Å². The van der Waals surface area contributed by atoms with Gasteiger partial charge in [0.25, 0.3) is 0 Å². The van der Waals surface area contributed by atoms with E-state index in [1.165, 1.54) is 22.3 Å². The van der Waals surface area contributed by atoms with Crippen LogP contribution in [0.15, 0.2) is 179 Å². The Kier molecular flexibility index (Phi) is 7.70. The molecule has 0 aliphatic heterocycles. The summed E-state index contributed by atoms with van der Waals surface area (Å²) in [6, 6.07) is 61.3. The topological polar surface area (TPSA) is 32.8 Å². The van der Waals surface area contributed by atoms with Gasteiger partial charge in [0.1, 0.15) is 22.3 Å². The molecule has 0 amide bonds. The maximum atomic E-state index is 6.65. The molecular formula is C54H40N2O2. The van der Waals surface area contributed by atoms with Gasteiger partial charge in [-0.2, -0.15) is 0 Å². The fourth-order valence-electron chi connectivity index (χ4n) is 8.54. The monoisotopic (exact) mass is 748 g/mol. The summed E-state index contributed by atoms with van der Waals surface area (Å²) in [6.07, 6.45) is 0. The zero-order valence-corrected chi connectivity index (χ0v) is 32.9. The highest BCUT2D eigenvalue weighted by atomic mass is 16.3. The minimum Gasteiger partial charge on any atom is -0.456 e. The molecule has 0 saturated carbocycles. The van der Waals surface area contributed by atoms with Crippen molar-refractivity contribution in [2.45, 2.75) is 27.7 Å². The Hall–Kier alpha value is -7.30. The second kappa shape index (κ2) is 13.1. The summed E-state index contributed by atoms with van der Waals surface area (Å²) in [5.41, 5.74) is 15.0. The second-order valence-electron chi connectivity index (χ2n) is 15.8. The van der Waals surface area contributed by atoms with Gasteiger partial charge in [0.15, 0.2) is 0 Å². The van der Waals surface area contributed by atoms with Gasteiger partial charge in [-0.05, 0) is 158 Å². The number of benzene rings is 9. The van der Waals surface area contributed by atoms with Gasteiger partial charge in [-0.1, -0.05) is 82.9 Å². The summed E-state index contributed by atoms with van der Waals surface area (Å²) in [4.78, 5) is 4.64. The Morgan fingerprint density at radius 1 is 0.276 bits per heavy atom. The zero-order valence-electron chi connectivity index (χ0n) is 32.9. The molecule has 4 heteroatoms. The van der Waals surface area contributed by atoms with Crippen LogP contribution in [0.1, 0.15) is 22.3 Å². The third kappa shape index (κ3) is 5.68. The van der Waals surface area contributed by atoms with Gasteiger partial charge in [0, 0.05) is 55.7 Å². The third-order valence-electron chi connectivity index (χ3n) is 11.6. The normalized spacial score (nSPS) is 11.8. The first-order chi connectivity index (χ1) is 28.3. The number of rotatable bonds is 6. The summed E-state index contributed by atoms with van der Waals surface area (Å²) < 4.78 is 13.3. The lowest BCUT2D eigenvalue weighted by Gasteiger charge is -2.26. The molecule has 0 atom stereocenters. The molecule has 0 spiro atoms. The average molecular weight is 749 g/mol. The highest BCUT2D eigenvalue weighted by Gasteiger charge is 2.20. The summed E-state index contributed by atoms with van der Waals surface area (Å²) >= 11 is 0. The largest absolute Gasteiger partial charge is 0.456 e. The van der Waals surface area contributed by atoms with Crippen LogP contribution in [0.2, 0.25) is 0 Å². The first kappa shape index (κ1) is 34.0. The highest BCUT2D eigenvalue weighted by Crippen LogP contribution is 2.44. The van der Waals surface area contributed by atoms with Crippen molar-refractivity contribution >= 4 is 99.5 Å². The number of hydrogen-bond acceptors (Lipinski definition) is 4. The van der Waals surface area contributed by atoms with Gasteiger partial charge in [-0.3, -0.25) is 0 Å². The molecule has 0 aliphatic rings. The fraction of sp³-hybridized carbons (Fsp3) is 0.0741. The van der Waals surface area contributed by atoms with E-state index < -0.39 is 0 Å². The minimum absolute atomic E-state index is 0.851. The zero-order chi connectivity index (χ0) is 39.1. The van der Waals surface area contributed by atoms with Gasteiger partial charge < -0.3 is 18.6 Å². The molecule has 9 aromatic carbocycles. The molecule has 278 valence electrons. The van der Waals surface area contributed by atoms with Crippen molar-refractivity contribution in [1.29, 1.82) is 0 Å². The molecule has 0 aliphatic carbocycles. The van der Waals surface area contributed by atoms with Gasteiger partial charge in [0.05, 0.1) is 0 Å². The molecule has 11 aromatic rings. The first-order valence-electron chi connectivity index (χ1n) is 19.9. The molecule has 0 N–H and O–H groups in total. The Labute approximate surface area is 336 Å². The first-order valence-corrected chi connectivity index (χ1v) is 19.9. The van der Waals surface area contributed by atoms with E-state index >= 15 is 0 Å². The fourth-order valence-corrected chi connectivity index (χ4v) is 8.54. The van der Waals surface area contributed by atoms with E-state index in [0.717, 1.165) is 99.5 Å². The quantitative estimate of drug-likeness (QED) is 0.170. The number of aryl methyl sites for hydroxylation is 4. The molecule has 58 heavy (non-hydrogen) atoms. The van der Waals surface area contributed by atoms with Gasteiger partial charge in [-0.25, -0.2) is 0 Å². The lowest BCUT2D eigenvalue weighted by molar-refractivity contribution is 0.663. The number of hydrogen-bond donors (Lipinski definition) is 0. The van der Waals surface area contributed by atoms with E-state index in [4.69, 9.17) is 8.83 Å². The van der Waals surface area contributed by atoms with Gasteiger partial charge >= 0.3 is 0 Å². The van der Waals surface area contributed by atoms with Crippen molar-refractivity contribution in [1.82, 2.24) is 0 Å². The Balaban J connectivity index is 1.04. The van der Waals surface area contributed by atoms with Crippen LogP contribution >= 0.6 is 0 Å². The van der Waals surface area contributed by atoms with E-state index in [-0.39, 0.29) is 0 Å². The highest BCUT2D eigenvalue weighted by molar-refractivity contribution is 6.27. The summed E-state index contributed by atoms with van der Waals surface area (Å²) in [6.45, 7) is 8.50. The summed E-state index contributed by atoms with van der Waals surface area (Å²) in [7, 11) is 0. The Morgan fingerprint density at radius 2 is 0.586 bits per heavy atom. The minimum atomic E-state index is 0.851. The van der Waals surface area contributed by atoms with Crippen LogP contribution in [-0.2, 0) is 0 Å². The van der Waals surface area contributed by atoms with Crippen LogP contribution in [0, 0.1) is 27.7 Å². The van der Waals surface area contributed by atoms with E-state index in [1.807, 2.05) is 12.1 Å². The maximum Gasteiger partial charge on any atom is 0.136 e. The third-order valence-corrected chi connectivity index (χ3v) is 11.6. The smallest absolute Gasteiger partial charge is 0.136 e. The average Bonchev–Trinajstić information content (AvgIpc) is 3.78. The van der Waals surface area contributed by atoms with Crippen LogP contribution in [0.25, 0.3) is 65.4 Å². The van der Waals surface area contributed by atoms with Gasteiger partial charge in [0.2, 0.25) is 0 Å². The van der Waals surface area contributed by atoms with Crippen LogP contribution < -0.4 is 9.80 Å². The summed E-state index contributed by atoms with van der Waals surface area (Å²) in [5, 5.41) is 8.88. The predicted molar refractivity (Wildman–Crippen MR) is 244 cm³/mol. The molecule has 4 nitrogen and oxygen atoms in total. The molecule has 11 rings (SSSR count). The number of nitrogens with zero attached hydrogens (tertiary/aromatic N) is 2. The van der Waals surface area contributed by atoms with Crippen molar-refractivity contribution in [2.75, 3.05) is 9.80 Å². The SMILES string of the molecule is Cc1ccc(N(c2ccc(C)cc2)c2ccc3cc4c(cc3c2)oc2ccc3oc5cc6cc(N(c7ccc(C)cc7)c7ccc(C)cc7)ccc6cc5c3c24)cc1. The molecule has 2 heterocycles. The lowest BCUT2D eigenvalue weighted by atomic mass is 10.0. The standard InChI is InChI=1S/C54H40N2O2/c1-33-5-15-41(16-6-33)55(42-17-7-34(2)8-18-42)45-23-13-37-29-47-51(31-39(37)27-45)57-49-25-26-50-54(53(47)49)48-30-38-14-24-46(28-40(38)32-52(48)58-50)56(43-19-9-35(3)10-20-43)44-21-11-36(4)12-22-44/h5-32H,1-4H3. The summed E-state index contributed by atoms with van der Waals surface area (Å²) in [5.74, 6) is 0. The van der Waals surface area contributed by atoms with Gasteiger partial charge in [-0.15, -0.1) is 0 Å². The van der Waals surface area contributed by atoms with Crippen molar-refractivity contribution < 1.29 is 8.83 Å².